The third-order valence-corrected chi connectivity index (χ3v) is 3.47. The van der Waals surface area contributed by atoms with Gasteiger partial charge in [0.05, 0.1) is 0 Å². The highest BCUT2D eigenvalue weighted by Gasteiger charge is 2.12. The monoisotopic (exact) mass is 159 g/mol. The van der Waals surface area contributed by atoms with Gasteiger partial charge in [-0.05, 0) is 38.0 Å². The highest BCUT2D eigenvalue weighted by atomic mass is 32.2. The third kappa shape index (κ3) is 2.93. The second-order valence-electron chi connectivity index (χ2n) is 2.92. The highest BCUT2D eigenvalue weighted by Crippen LogP contribution is 2.27. The van der Waals surface area contributed by atoms with E-state index in [1.807, 2.05) is 0 Å². The van der Waals surface area contributed by atoms with Crippen LogP contribution in [0, 0.1) is 0 Å². The quantitative estimate of drug-likeness (QED) is 0.681. The summed E-state index contributed by atoms with van der Waals surface area (Å²) in [6.07, 6.45) is 6.88. The van der Waals surface area contributed by atoms with E-state index in [-0.39, 0.29) is 0 Å². The Bertz CT molecular complexity index is 79.3. The summed E-state index contributed by atoms with van der Waals surface area (Å²) in [6.45, 7) is 0.872. The highest BCUT2D eigenvalue weighted by molar-refractivity contribution is 7.99. The molecule has 2 N–H and O–H groups in total. The average Bonchev–Trinajstić information content (AvgIpc) is 2.03. The van der Waals surface area contributed by atoms with E-state index in [4.69, 9.17) is 5.73 Å². The summed E-state index contributed by atoms with van der Waals surface area (Å²) < 4.78 is 0. The maximum atomic E-state index is 5.44. The van der Waals surface area contributed by atoms with Crippen LogP contribution < -0.4 is 5.73 Å². The third-order valence-electron chi connectivity index (χ3n) is 2.00. The molecule has 1 fully saturated rings. The lowest BCUT2D eigenvalue weighted by molar-refractivity contribution is 0.610. The van der Waals surface area contributed by atoms with E-state index >= 15 is 0 Å². The zero-order chi connectivity index (χ0) is 7.23. The minimum absolute atomic E-state index is 0.872. The maximum absolute atomic E-state index is 5.44. The molecule has 1 saturated heterocycles. The van der Waals surface area contributed by atoms with Gasteiger partial charge in [-0.25, -0.2) is 0 Å². The Morgan fingerprint density at radius 2 is 2.30 bits per heavy atom. The van der Waals surface area contributed by atoms with Gasteiger partial charge in [-0.1, -0.05) is 6.42 Å². The van der Waals surface area contributed by atoms with Crippen molar-refractivity contribution in [3.8, 4) is 0 Å². The maximum Gasteiger partial charge on any atom is 0.00475 e. The van der Waals surface area contributed by atoms with Crippen LogP contribution in [0.4, 0.5) is 0 Å². The van der Waals surface area contributed by atoms with Crippen LogP contribution in [0.3, 0.4) is 0 Å². The predicted molar refractivity (Wildman–Crippen MR) is 48.4 cm³/mol. The van der Waals surface area contributed by atoms with Crippen LogP contribution in [0.5, 0.6) is 0 Å². The van der Waals surface area contributed by atoms with Crippen LogP contribution in [0.25, 0.3) is 0 Å². The van der Waals surface area contributed by atoms with E-state index in [9.17, 15) is 0 Å². The van der Waals surface area contributed by atoms with Crippen molar-refractivity contribution >= 4 is 11.8 Å². The summed E-state index contributed by atoms with van der Waals surface area (Å²) in [5, 5.41) is 0.942. The molecule has 1 unspecified atom stereocenters. The molecule has 0 bridgehead atoms. The van der Waals surface area contributed by atoms with Crippen molar-refractivity contribution in [3.05, 3.63) is 0 Å². The molecule has 2 heteroatoms. The number of hydrogen-bond donors (Lipinski definition) is 1. The van der Waals surface area contributed by atoms with Gasteiger partial charge in [0, 0.05) is 5.25 Å². The molecular weight excluding hydrogens is 142 g/mol. The van der Waals surface area contributed by atoms with Crippen molar-refractivity contribution < 1.29 is 0 Å². The van der Waals surface area contributed by atoms with Gasteiger partial charge < -0.3 is 5.73 Å². The Morgan fingerprint density at radius 3 is 2.90 bits per heavy atom. The summed E-state index contributed by atoms with van der Waals surface area (Å²) in [7, 11) is 0. The van der Waals surface area contributed by atoms with Gasteiger partial charge in [0.25, 0.3) is 0 Å². The van der Waals surface area contributed by atoms with Gasteiger partial charge in [0.2, 0.25) is 0 Å². The summed E-state index contributed by atoms with van der Waals surface area (Å²) >= 11 is 2.15. The van der Waals surface area contributed by atoms with Gasteiger partial charge in [0.15, 0.2) is 0 Å². The van der Waals surface area contributed by atoms with E-state index in [0.29, 0.717) is 0 Å². The summed E-state index contributed by atoms with van der Waals surface area (Å²) in [4.78, 5) is 0. The summed E-state index contributed by atoms with van der Waals surface area (Å²) in [6, 6.07) is 0. The Balaban J connectivity index is 2.02. The lowest BCUT2D eigenvalue weighted by atomic mass is 10.1. The van der Waals surface area contributed by atoms with Crippen molar-refractivity contribution in [1.82, 2.24) is 0 Å². The molecule has 1 atom stereocenters. The number of rotatable bonds is 3. The van der Waals surface area contributed by atoms with Gasteiger partial charge in [0.1, 0.15) is 0 Å². The molecule has 0 aliphatic carbocycles. The van der Waals surface area contributed by atoms with Crippen molar-refractivity contribution in [1.29, 1.82) is 0 Å². The van der Waals surface area contributed by atoms with Crippen LogP contribution in [-0.2, 0) is 0 Å². The molecule has 1 heterocycles. The van der Waals surface area contributed by atoms with Crippen molar-refractivity contribution in [3.63, 3.8) is 0 Å². The molecule has 1 rings (SSSR count). The average molecular weight is 159 g/mol. The zero-order valence-corrected chi connectivity index (χ0v) is 7.33. The van der Waals surface area contributed by atoms with Crippen LogP contribution >= 0.6 is 11.8 Å². The van der Waals surface area contributed by atoms with E-state index < -0.39 is 0 Å². The van der Waals surface area contributed by atoms with E-state index in [1.165, 1.54) is 37.9 Å². The van der Waals surface area contributed by atoms with E-state index in [0.717, 1.165) is 11.8 Å². The molecule has 0 aromatic rings. The van der Waals surface area contributed by atoms with Gasteiger partial charge in [-0.3, -0.25) is 0 Å². The SMILES string of the molecule is NCCCC1CCCCS1. The minimum Gasteiger partial charge on any atom is -0.330 e. The lowest BCUT2D eigenvalue weighted by Gasteiger charge is -2.20. The van der Waals surface area contributed by atoms with Crippen LogP contribution in [0.15, 0.2) is 0 Å². The summed E-state index contributed by atoms with van der Waals surface area (Å²) in [5.41, 5.74) is 5.44. The Morgan fingerprint density at radius 1 is 1.40 bits per heavy atom. The van der Waals surface area contributed by atoms with Crippen LogP contribution in [0.1, 0.15) is 32.1 Å². The largest absolute Gasteiger partial charge is 0.330 e. The Labute approximate surface area is 67.8 Å². The van der Waals surface area contributed by atoms with Gasteiger partial charge in [-0.2, -0.15) is 11.8 Å². The second-order valence-corrected chi connectivity index (χ2v) is 4.33. The molecule has 60 valence electrons. The molecular formula is C8H17NS. The molecule has 0 aromatic heterocycles. The van der Waals surface area contributed by atoms with Crippen molar-refractivity contribution in [2.75, 3.05) is 12.3 Å². The Kier molecular flexibility index (Phi) is 4.23. The normalized spacial score (nSPS) is 26.7. The first-order valence-corrected chi connectivity index (χ1v) is 5.30. The molecule has 0 spiro atoms. The number of hydrogen-bond acceptors (Lipinski definition) is 2. The summed E-state index contributed by atoms with van der Waals surface area (Å²) in [5.74, 6) is 1.38. The zero-order valence-electron chi connectivity index (χ0n) is 6.51. The number of thioether (sulfide) groups is 1. The number of nitrogens with two attached hydrogens (primary N) is 1. The van der Waals surface area contributed by atoms with Crippen molar-refractivity contribution in [2.45, 2.75) is 37.4 Å². The predicted octanol–water partition coefficient (Wildman–Crippen LogP) is 2.01. The van der Waals surface area contributed by atoms with Crippen LogP contribution in [-0.4, -0.2) is 17.5 Å². The fraction of sp³-hybridized carbons (Fsp3) is 1.00. The molecule has 1 aliphatic heterocycles. The minimum atomic E-state index is 0.872. The lowest BCUT2D eigenvalue weighted by Crippen LogP contribution is -2.11. The van der Waals surface area contributed by atoms with E-state index in [2.05, 4.69) is 11.8 Å². The standard InChI is InChI=1S/C8H17NS/c9-6-3-5-8-4-1-2-7-10-8/h8H,1-7,9H2. The van der Waals surface area contributed by atoms with Crippen LogP contribution in [0.2, 0.25) is 0 Å². The Hall–Kier alpha value is 0.310. The first-order chi connectivity index (χ1) is 4.93. The fourth-order valence-electron chi connectivity index (χ4n) is 1.38. The molecule has 0 aromatic carbocycles. The van der Waals surface area contributed by atoms with Gasteiger partial charge >= 0.3 is 0 Å². The van der Waals surface area contributed by atoms with Crippen molar-refractivity contribution in [2.24, 2.45) is 5.73 Å². The molecule has 0 radical (unpaired) electrons. The fourth-order valence-corrected chi connectivity index (χ4v) is 2.75. The molecule has 1 nitrogen and oxygen atoms in total. The van der Waals surface area contributed by atoms with E-state index in [1.54, 1.807) is 0 Å². The molecule has 0 amide bonds. The van der Waals surface area contributed by atoms with Gasteiger partial charge in [-0.15, -0.1) is 0 Å². The first-order valence-electron chi connectivity index (χ1n) is 4.25. The first kappa shape index (κ1) is 8.41. The molecule has 0 saturated carbocycles. The second kappa shape index (κ2) is 5.03. The molecule has 1 aliphatic rings. The topological polar surface area (TPSA) is 26.0 Å². The molecule has 10 heavy (non-hydrogen) atoms. The smallest absolute Gasteiger partial charge is 0.00475 e.